The number of hydrogen-bond donors (Lipinski definition) is 0. The predicted octanol–water partition coefficient (Wildman–Crippen LogP) is 5.92. The predicted molar refractivity (Wildman–Crippen MR) is 132 cm³/mol. The van der Waals surface area contributed by atoms with Crippen LogP contribution in [0.25, 0.3) is 5.57 Å². The number of sulfonamides is 1. The zero-order chi connectivity index (χ0) is 22.7. The van der Waals surface area contributed by atoms with Crippen LogP contribution >= 0.6 is 0 Å². The lowest BCUT2D eigenvalue weighted by Crippen LogP contribution is -2.28. The smallest absolute Gasteiger partial charge is 0.200 e. The molecule has 0 aliphatic carbocycles. The summed E-state index contributed by atoms with van der Waals surface area (Å²) in [5, 5.41) is 4.46. The number of benzene rings is 4. The third-order valence-corrected chi connectivity index (χ3v) is 7.31. The molecular weight excluding hydrogens is 428 g/mol. The lowest BCUT2D eigenvalue weighted by atomic mass is 9.88. The summed E-state index contributed by atoms with van der Waals surface area (Å²) in [5.41, 5.74) is 4.65. The van der Waals surface area contributed by atoms with Gasteiger partial charge in [0, 0.05) is 5.57 Å². The van der Waals surface area contributed by atoms with Crippen LogP contribution in [0, 0.1) is 0 Å². The quantitative estimate of drug-likeness (QED) is 0.379. The molecule has 1 heterocycles. The Balaban J connectivity index is 1.76. The van der Waals surface area contributed by atoms with E-state index in [1.807, 2.05) is 91.0 Å². The molecule has 0 N–H and O–H groups in total. The summed E-state index contributed by atoms with van der Waals surface area (Å²) in [4.78, 5) is 0.213. The molecule has 1 aliphatic rings. The first-order valence-corrected chi connectivity index (χ1v) is 12.1. The van der Waals surface area contributed by atoms with Crippen LogP contribution in [0.2, 0.25) is 0 Å². The molecule has 0 saturated heterocycles. The molecule has 0 amide bonds. The minimum atomic E-state index is -3.87. The van der Waals surface area contributed by atoms with Crippen molar-refractivity contribution < 1.29 is 8.42 Å². The Morgan fingerprint density at radius 2 is 1.09 bits per heavy atom. The monoisotopic (exact) mass is 450 g/mol. The summed E-state index contributed by atoms with van der Waals surface area (Å²) in [5.74, 6) is 0. The first-order chi connectivity index (χ1) is 16.2. The van der Waals surface area contributed by atoms with Crippen LogP contribution in [-0.2, 0) is 10.0 Å². The Kier molecular flexibility index (Phi) is 5.63. The second kappa shape index (κ2) is 8.88. The van der Waals surface area contributed by atoms with Crippen molar-refractivity contribution in [3.05, 3.63) is 144 Å². The molecule has 0 aromatic heterocycles. The molecule has 4 nitrogen and oxygen atoms in total. The fourth-order valence-electron chi connectivity index (χ4n) is 4.13. The van der Waals surface area contributed by atoms with E-state index in [2.05, 4.69) is 5.10 Å². The van der Waals surface area contributed by atoms with Gasteiger partial charge >= 0.3 is 0 Å². The zero-order valence-electron chi connectivity index (χ0n) is 17.8. The summed E-state index contributed by atoms with van der Waals surface area (Å²) < 4.78 is 28.5. The maximum absolute atomic E-state index is 13.6. The molecule has 4 aromatic carbocycles. The molecule has 1 unspecified atom stereocenters. The molecule has 33 heavy (non-hydrogen) atoms. The Labute approximate surface area is 194 Å². The van der Waals surface area contributed by atoms with Gasteiger partial charge in [0.15, 0.2) is 0 Å². The molecule has 0 fully saturated rings. The molecule has 5 rings (SSSR count). The molecule has 4 aromatic rings. The van der Waals surface area contributed by atoms with E-state index in [4.69, 9.17) is 0 Å². The number of nitrogens with zero attached hydrogens (tertiary/aromatic N) is 2. The van der Waals surface area contributed by atoms with Crippen LogP contribution in [0.1, 0.15) is 22.7 Å². The summed E-state index contributed by atoms with van der Waals surface area (Å²) in [6, 6.07) is 37.6. The third kappa shape index (κ3) is 3.99. The van der Waals surface area contributed by atoms with Crippen molar-refractivity contribution in [1.82, 2.24) is 4.41 Å². The highest BCUT2D eigenvalue weighted by Crippen LogP contribution is 2.42. The maximum Gasteiger partial charge on any atom is 0.279 e. The number of hydrogen-bond acceptors (Lipinski definition) is 3. The summed E-state index contributed by atoms with van der Waals surface area (Å²) in [6.45, 7) is 0. The van der Waals surface area contributed by atoms with E-state index < -0.39 is 16.1 Å². The highest BCUT2D eigenvalue weighted by molar-refractivity contribution is 7.89. The van der Waals surface area contributed by atoms with Crippen molar-refractivity contribution >= 4 is 21.8 Å². The van der Waals surface area contributed by atoms with E-state index >= 15 is 0 Å². The minimum Gasteiger partial charge on any atom is -0.200 e. The van der Waals surface area contributed by atoms with Crippen molar-refractivity contribution in [3.63, 3.8) is 0 Å². The molecule has 1 atom stereocenters. The highest BCUT2D eigenvalue weighted by Gasteiger charge is 2.38. The van der Waals surface area contributed by atoms with Gasteiger partial charge in [-0.25, -0.2) is 0 Å². The lowest BCUT2D eigenvalue weighted by molar-refractivity contribution is 0.398. The molecule has 0 bridgehead atoms. The van der Waals surface area contributed by atoms with Gasteiger partial charge < -0.3 is 0 Å². The van der Waals surface area contributed by atoms with Crippen molar-refractivity contribution in [3.8, 4) is 0 Å². The second-order valence-electron chi connectivity index (χ2n) is 7.71. The van der Waals surface area contributed by atoms with Crippen molar-refractivity contribution in [2.45, 2.75) is 10.9 Å². The average molecular weight is 451 g/mol. The Hall–Kier alpha value is -3.96. The molecule has 5 heteroatoms. The van der Waals surface area contributed by atoms with Gasteiger partial charge in [-0.05, 0) is 34.4 Å². The molecule has 0 radical (unpaired) electrons. The summed E-state index contributed by atoms with van der Waals surface area (Å²) >= 11 is 0. The largest absolute Gasteiger partial charge is 0.279 e. The lowest BCUT2D eigenvalue weighted by Gasteiger charge is -2.26. The van der Waals surface area contributed by atoms with Crippen LogP contribution < -0.4 is 0 Å². The fourth-order valence-corrected chi connectivity index (χ4v) is 5.53. The van der Waals surface area contributed by atoms with E-state index in [-0.39, 0.29) is 4.90 Å². The van der Waals surface area contributed by atoms with Gasteiger partial charge in [0.1, 0.15) is 6.04 Å². The topological polar surface area (TPSA) is 49.7 Å². The van der Waals surface area contributed by atoms with Crippen molar-refractivity contribution in [2.24, 2.45) is 5.10 Å². The van der Waals surface area contributed by atoms with Gasteiger partial charge in [0.05, 0.1) is 11.1 Å². The zero-order valence-corrected chi connectivity index (χ0v) is 18.6. The number of hydrazone groups is 1. The Morgan fingerprint density at radius 3 is 1.61 bits per heavy atom. The molecule has 1 aliphatic heterocycles. The van der Waals surface area contributed by atoms with Crippen molar-refractivity contribution in [1.29, 1.82) is 0 Å². The van der Waals surface area contributed by atoms with Gasteiger partial charge in [-0.2, -0.15) is 17.9 Å². The van der Waals surface area contributed by atoms with E-state index in [1.165, 1.54) is 4.41 Å². The average Bonchev–Trinajstić information content (AvgIpc) is 3.32. The van der Waals surface area contributed by atoms with Gasteiger partial charge in [-0.15, -0.1) is 0 Å². The van der Waals surface area contributed by atoms with Gasteiger partial charge in [0.2, 0.25) is 0 Å². The van der Waals surface area contributed by atoms with Gasteiger partial charge in [-0.1, -0.05) is 109 Å². The van der Waals surface area contributed by atoms with E-state index in [0.717, 1.165) is 27.8 Å². The van der Waals surface area contributed by atoms with E-state index in [0.29, 0.717) is 0 Å². The molecular formula is C28H22N2O2S. The summed E-state index contributed by atoms with van der Waals surface area (Å²) in [6.07, 6.45) is 1.69. The highest BCUT2D eigenvalue weighted by atomic mass is 32.2. The maximum atomic E-state index is 13.6. The van der Waals surface area contributed by atoms with E-state index in [1.54, 1.807) is 36.5 Å². The third-order valence-electron chi connectivity index (χ3n) is 5.64. The normalized spacial score (nSPS) is 15.6. The van der Waals surface area contributed by atoms with Crippen molar-refractivity contribution in [2.75, 3.05) is 0 Å². The molecule has 0 spiro atoms. The first kappa shape index (κ1) is 20.9. The van der Waals surface area contributed by atoms with Crippen LogP contribution in [-0.4, -0.2) is 19.0 Å². The van der Waals surface area contributed by atoms with Crippen LogP contribution in [0.15, 0.2) is 137 Å². The van der Waals surface area contributed by atoms with Gasteiger partial charge in [-0.3, -0.25) is 0 Å². The SMILES string of the molecule is O=S(=O)(c1ccccc1)N1N=CC(=C(c2ccccc2)c2ccccc2)C1c1ccccc1. The molecule has 162 valence electrons. The number of rotatable bonds is 5. The molecule has 0 saturated carbocycles. The summed E-state index contributed by atoms with van der Waals surface area (Å²) in [7, 11) is -3.87. The second-order valence-corrected chi connectivity index (χ2v) is 9.51. The fraction of sp³-hybridized carbons (Fsp3) is 0.0357. The standard InChI is InChI=1S/C28H22N2O2S/c31-33(32,25-19-11-4-12-20-25)30-28(24-17-9-3-10-18-24)26(21-29-30)27(22-13-5-1-6-14-22)23-15-7-2-8-16-23/h1-21,28H. The van der Waals surface area contributed by atoms with E-state index in [9.17, 15) is 8.42 Å². The Bertz CT molecular complexity index is 1360. The van der Waals surface area contributed by atoms with Crippen LogP contribution in [0.3, 0.4) is 0 Å². The Morgan fingerprint density at radius 1 is 0.636 bits per heavy atom. The van der Waals surface area contributed by atoms with Crippen LogP contribution in [0.4, 0.5) is 0 Å². The minimum absolute atomic E-state index is 0.213. The van der Waals surface area contributed by atoms with Gasteiger partial charge in [0.25, 0.3) is 10.0 Å². The first-order valence-electron chi connectivity index (χ1n) is 10.7. The van der Waals surface area contributed by atoms with Crippen LogP contribution in [0.5, 0.6) is 0 Å².